The molecule has 7 heteroatoms. The Kier molecular flexibility index (Phi) is 9.67. The Morgan fingerprint density at radius 2 is 1.46 bits per heavy atom. The number of hydrogen-bond acceptors (Lipinski definition) is 6. The molecule has 1 amide bonds. The van der Waals surface area contributed by atoms with Gasteiger partial charge in [0.2, 0.25) is 0 Å². The number of carbonyl (C=O) groups is 1. The molecular formula is C34H42N2O5. The molecule has 1 saturated heterocycles. The van der Waals surface area contributed by atoms with Crippen molar-refractivity contribution in [3.05, 3.63) is 82.9 Å². The quantitative estimate of drug-likeness (QED) is 0.293. The Morgan fingerprint density at radius 1 is 0.780 bits per heavy atom. The molecule has 0 saturated carbocycles. The molecule has 0 aromatic heterocycles. The van der Waals surface area contributed by atoms with Gasteiger partial charge in [-0.15, -0.1) is 0 Å². The van der Waals surface area contributed by atoms with Crippen LogP contribution in [0.2, 0.25) is 0 Å². The third-order valence-electron chi connectivity index (χ3n) is 8.34. The van der Waals surface area contributed by atoms with Gasteiger partial charge < -0.3 is 28.7 Å². The molecule has 1 atom stereocenters. The van der Waals surface area contributed by atoms with Crippen LogP contribution in [0, 0.1) is 0 Å². The standard InChI is InChI=1S/C34H42N2O5/c1-38-27-12-8-25(9-13-27)30-24-36(22-18-29-31(39-2)16-17-32(40-3)33(29)30)34(37)26-10-14-28(15-11-26)41-23-7-21-35-19-5-4-6-20-35/h8-17,30H,4-7,18-24H2,1-3H3. The van der Waals surface area contributed by atoms with Crippen LogP contribution in [0.5, 0.6) is 23.0 Å². The van der Waals surface area contributed by atoms with E-state index in [1.807, 2.05) is 53.4 Å². The lowest BCUT2D eigenvalue weighted by atomic mass is 9.86. The highest BCUT2D eigenvalue weighted by Crippen LogP contribution is 2.42. The van der Waals surface area contributed by atoms with Gasteiger partial charge in [-0.1, -0.05) is 18.6 Å². The maximum Gasteiger partial charge on any atom is 0.253 e. The van der Waals surface area contributed by atoms with Crippen molar-refractivity contribution >= 4 is 5.91 Å². The number of hydrogen-bond donors (Lipinski definition) is 0. The normalized spacial score (nSPS) is 17.3. The summed E-state index contributed by atoms with van der Waals surface area (Å²) < 4.78 is 23.0. The van der Waals surface area contributed by atoms with E-state index in [1.165, 1.54) is 32.4 Å². The highest BCUT2D eigenvalue weighted by Gasteiger charge is 2.32. The first-order valence-electron chi connectivity index (χ1n) is 14.7. The first kappa shape index (κ1) is 28.8. The molecule has 5 rings (SSSR count). The SMILES string of the molecule is COc1ccc(C2CN(C(=O)c3ccc(OCCCN4CCCCC4)cc3)CCc3c(OC)ccc(OC)c32)cc1. The van der Waals surface area contributed by atoms with Gasteiger partial charge >= 0.3 is 0 Å². The number of amides is 1. The van der Waals surface area contributed by atoms with Gasteiger partial charge in [0.1, 0.15) is 23.0 Å². The summed E-state index contributed by atoms with van der Waals surface area (Å²) in [7, 11) is 5.05. The molecule has 1 unspecified atom stereocenters. The number of nitrogens with zero attached hydrogens (tertiary/aromatic N) is 2. The second-order valence-corrected chi connectivity index (χ2v) is 10.8. The number of piperidine rings is 1. The summed E-state index contributed by atoms with van der Waals surface area (Å²) in [6.07, 6.45) is 5.65. The zero-order chi connectivity index (χ0) is 28.6. The molecule has 3 aromatic carbocycles. The zero-order valence-corrected chi connectivity index (χ0v) is 24.6. The fraction of sp³-hybridized carbons (Fsp3) is 0.441. The molecule has 0 radical (unpaired) electrons. The summed E-state index contributed by atoms with van der Waals surface area (Å²) in [6, 6.07) is 19.5. The molecule has 3 aromatic rings. The summed E-state index contributed by atoms with van der Waals surface area (Å²) in [5, 5.41) is 0. The number of rotatable bonds is 10. The van der Waals surface area contributed by atoms with Crippen LogP contribution in [-0.2, 0) is 6.42 Å². The van der Waals surface area contributed by atoms with Crippen molar-refractivity contribution in [1.82, 2.24) is 9.80 Å². The molecule has 218 valence electrons. The molecule has 2 aliphatic rings. The van der Waals surface area contributed by atoms with E-state index in [4.69, 9.17) is 18.9 Å². The van der Waals surface area contributed by atoms with E-state index in [9.17, 15) is 4.79 Å². The van der Waals surface area contributed by atoms with Crippen LogP contribution >= 0.6 is 0 Å². The van der Waals surface area contributed by atoms with Gasteiger partial charge in [-0.05, 0) is 92.9 Å². The Bertz CT molecular complexity index is 1290. The van der Waals surface area contributed by atoms with E-state index in [-0.39, 0.29) is 11.8 Å². The van der Waals surface area contributed by atoms with E-state index in [0.717, 1.165) is 52.7 Å². The predicted molar refractivity (Wildman–Crippen MR) is 161 cm³/mol. The number of ether oxygens (including phenoxy) is 4. The summed E-state index contributed by atoms with van der Waals surface area (Å²) in [6.45, 7) is 5.28. The van der Waals surface area contributed by atoms with Crippen molar-refractivity contribution in [3.8, 4) is 23.0 Å². The van der Waals surface area contributed by atoms with E-state index in [2.05, 4.69) is 17.0 Å². The van der Waals surface area contributed by atoms with Crippen LogP contribution in [0.1, 0.15) is 58.6 Å². The van der Waals surface area contributed by atoms with Crippen molar-refractivity contribution in [1.29, 1.82) is 0 Å². The molecule has 0 bridgehead atoms. The second kappa shape index (κ2) is 13.8. The number of likely N-dealkylation sites (tertiary alicyclic amines) is 1. The molecule has 2 heterocycles. The molecule has 0 spiro atoms. The number of carbonyl (C=O) groups excluding carboxylic acids is 1. The number of fused-ring (bicyclic) bond motifs is 1. The minimum Gasteiger partial charge on any atom is -0.497 e. The van der Waals surface area contributed by atoms with Gasteiger partial charge in [-0.2, -0.15) is 0 Å². The van der Waals surface area contributed by atoms with Crippen LogP contribution < -0.4 is 18.9 Å². The van der Waals surface area contributed by atoms with E-state index in [0.29, 0.717) is 31.7 Å². The zero-order valence-electron chi connectivity index (χ0n) is 24.6. The third kappa shape index (κ3) is 6.79. The van der Waals surface area contributed by atoms with Crippen LogP contribution in [0.15, 0.2) is 60.7 Å². The molecule has 0 aliphatic carbocycles. The summed E-state index contributed by atoms with van der Waals surface area (Å²) in [5.41, 5.74) is 3.90. The minimum absolute atomic E-state index is 0.00546. The lowest BCUT2D eigenvalue weighted by Gasteiger charge is -2.27. The minimum atomic E-state index is -0.0880. The topological polar surface area (TPSA) is 60.5 Å². The third-order valence-corrected chi connectivity index (χ3v) is 8.34. The van der Waals surface area contributed by atoms with Crippen molar-refractivity contribution in [3.63, 3.8) is 0 Å². The lowest BCUT2D eigenvalue weighted by Crippen LogP contribution is -2.35. The second-order valence-electron chi connectivity index (χ2n) is 10.8. The fourth-order valence-corrected chi connectivity index (χ4v) is 6.11. The van der Waals surface area contributed by atoms with Gasteiger partial charge in [-0.25, -0.2) is 0 Å². The van der Waals surface area contributed by atoms with Crippen molar-refractivity contribution in [2.75, 3.05) is 60.7 Å². The number of benzene rings is 3. The Balaban J connectivity index is 1.32. The van der Waals surface area contributed by atoms with E-state index < -0.39 is 0 Å². The molecule has 0 N–H and O–H groups in total. The van der Waals surface area contributed by atoms with Crippen LogP contribution in [-0.4, -0.2) is 76.4 Å². The summed E-state index contributed by atoms with van der Waals surface area (Å²) in [4.78, 5) is 18.3. The fourth-order valence-electron chi connectivity index (χ4n) is 6.11. The smallest absolute Gasteiger partial charge is 0.253 e. The van der Waals surface area contributed by atoms with Gasteiger partial charge in [-0.3, -0.25) is 4.79 Å². The maximum absolute atomic E-state index is 13.8. The average Bonchev–Trinajstić information content (AvgIpc) is 3.24. The highest BCUT2D eigenvalue weighted by atomic mass is 16.5. The summed E-state index contributed by atoms with van der Waals surface area (Å²) in [5.74, 6) is 3.13. The first-order valence-corrected chi connectivity index (χ1v) is 14.7. The monoisotopic (exact) mass is 558 g/mol. The Labute approximate surface area is 244 Å². The van der Waals surface area contributed by atoms with Crippen molar-refractivity contribution < 1.29 is 23.7 Å². The Hall–Kier alpha value is -3.71. The van der Waals surface area contributed by atoms with Crippen LogP contribution in [0.25, 0.3) is 0 Å². The first-order chi connectivity index (χ1) is 20.1. The van der Waals surface area contributed by atoms with E-state index in [1.54, 1.807) is 21.3 Å². The maximum atomic E-state index is 13.8. The van der Waals surface area contributed by atoms with Gasteiger partial charge in [0.25, 0.3) is 5.91 Å². The molecule has 1 fully saturated rings. The van der Waals surface area contributed by atoms with Crippen molar-refractivity contribution in [2.24, 2.45) is 0 Å². The van der Waals surface area contributed by atoms with Gasteiger partial charge in [0.15, 0.2) is 0 Å². The highest BCUT2D eigenvalue weighted by molar-refractivity contribution is 5.94. The lowest BCUT2D eigenvalue weighted by molar-refractivity contribution is 0.0756. The molecule has 2 aliphatic heterocycles. The predicted octanol–water partition coefficient (Wildman–Crippen LogP) is 5.80. The molecule has 41 heavy (non-hydrogen) atoms. The molecule has 7 nitrogen and oxygen atoms in total. The van der Waals surface area contributed by atoms with Gasteiger partial charge in [0.05, 0.1) is 27.9 Å². The van der Waals surface area contributed by atoms with Gasteiger partial charge in [0, 0.05) is 42.2 Å². The number of methoxy groups -OCH3 is 3. The average molecular weight is 559 g/mol. The Morgan fingerprint density at radius 3 is 2.15 bits per heavy atom. The molecular weight excluding hydrogens is 516 g/mol. The van der Waals surface area contributed by atoms with Crippen LogP contribution in [0.3, 0.4) is 0 Å². The van der Waals surface area contributed by atoms with E-state index >= 15 is 0 Å². The largest absolute Gasteiger partial charge is 0.497 e. The summed E-state index contributed by atoms with van der Waals surface area (Å²) >= 11 is 0. The van der Waals surface area contributed by atoms with Crippen molar-refractivity contribution in [2.45, 2.75) is 38.0 Å². The van der Waals surface area contributed by atoms with Crippen LogP contribution in [0.4, 0.5) is 0 Å².